The van der Waals surface area contributed by atoms with E-state index in [2.05, 4.69) is 0 Å². The first-order chi connectivity index (χ1) is 12.2. The molecular weight excluding hydrogens is 320 g/mol. The average molecular weight is 338 g/mol. The van der Waals surface area contributed by atoms with Gasteiger partial charge in [0.15, 0.2) is 5.78 Å². The van der Waals surface area contributed by atoms with Crippen molar-refractivity contribution in [3.8, 4) is 0 Å². The first-order valence-electron chi connectivity index (χ1n) is 8.42. The molecule has 0 N–H and O–H groups in total. The van der Waals surface area contributed by atoms with Crippen LogP contribution in [0.4, 0.5) is 0 Å². The number of carbonyl (C=O) groups is 2. The quantitative estimate of drug-likeness (QED) is 0.800. The van der Waals surface area contributed by atoms with E-state index in [9.17, 15) is 9.59 Å². The Bertz CT molecular complexity index is 791. The molecule has 1 aromatic carbocycles. The number of ether oxygens (including phenoxy) is 2. The molecule has 1 saturated carbocycles. The summed E-state index contributed by atoms with van der Waals surface area (Å²) >= 11 is 0. The molecule has 0 bridgehead atoms. The molecule has 5 nitrogen and oxygen atoms in total. The highest BCUT2D eigenvalue weighted by Gasteiger charge is 2.41. The molecule has 1 aliphatic carbocycles. The lowest BCUT2D eigenvalue weighted by atomic mass is 9.78. The molecule has 25 heavy (non-hydrogen) atoms. The Morgan fingerprint density at radius 1 is 1.08 bits per heavy atom. The number of Topliss-reactive ketones (excluding diaryl/α,β-unsaturated/α-hetero) is 1. The van der Waals surface area contributed by atoms with Gasteiger partial charge in [-0.25, -0.2) is 4.79 Å². The van der Waals surface area contributed by atoms with Gasteiger partial charge in [0.1, 0.15) is 12.2 Å². The van der Waals surface area contributed by atoms with Crippen molar-refractivity contribution in [1.82, 2.24) is 0 Å². The minimum absolute atomic E-state index is 0.110. The third-order valence-electron chi connectivity index (χ3n) is 4.79. The van der Waals surface area contributed by atoms with Crippen LogP contribution in [0.25, 0.3) is 5.57 Å². The van der Waals surface area contributed by atoms with Crippen molar-refractivity contribution >= 4 is 17.3 Å². The largest absolute Gasteiger partial charge is 0.496 e. The van der Waals surface area contributed by atoms with Gasteiger partial charge in [-0.1, -0.05) is 30.3 Å². The highest BCUT2D eigenvalue weighted by atomic mass is 16.6. The lowest BCUT2D eigenvalue weighted by Crippen LogP contribution is -2.41. The maximum atomic E-state index is 12.8. The predicted octanol–water partition coefficient (Wildman–Crippen LogP) is 3.61. The second-order valence-electron chi connectivity index (χ2n) is 6.36. The minimum Gasteiger partial charge on any atom is -0.496 e. The number of esters is 1. The molecule has 0 amide bonds. The third-order valence-corrected chi connectivity index (χ3v) is 4.79. The fourth-order valence-corrected chi connectivity index (χ4v) is 3.50. The molecule has 0 radical (unpaired) electrons. The fraction of sp³-hybridized carbons (Fsp3) is 0.300. The van der Waals surface area contributed by atoms with Gasteiger partial charge in [-0.15, -0.1) is 0 Å². The summed E-state index contributed by atoms with van der Waals surface area (Å²) < 4.78 is 16.4. The molecule has 1 fully saturated rings. The van der Waals surface area contributed by atoms with Gasteiger partial charge in [0, 0.05) is 6.42 Å². The lowest BCUT2D eigenvalue weighted by molar-refractivity contribution is -0.126. The van der Waals surface area contributed by atoms with Crippen molar-refractivity contribution in [3.63, 3.8) is 0 Å². The number of ketones is 1. The monoisotopic (exact) mass is 338 g/mol. The number of benzene rings is 1. The van der Waals surface area contributed by atoms with Crippen LogP contribution < -0.4 is 0 Å². The molecule has 0 saturated heterocycles. The molecule has 3 unspecified atom stereocenters. The number of furan rings is 1. The molecule has 3 atom stereocenters. The molecule has 5 heteroatoms. The van der Waals surface area contributed by atoms with Crippen LogP contribution >= 0.6 is 0 Å². The summed E-state index contributed by atoms with van der Waals surface area (Å²) in [6.45, 7) is 0. The minimum atomic E-state index is -0.476. The predicted molar refractivity (Wildman–Crippen MR) is 89.6 cm³/mol. The average Bonchev–Trinajstić information content (AvgIpc) is 3.18. The van der Waals surface area contributed by atoms with Crippen molar-refractivity contribution < 1.29 is 23.5 Å². The highest BCUT2D eigenvalue weighted by molar-refractivity contribution is 6.22. The maximum Gasteiger partial charge on any atom is 0.374 e. The Morgan fingerprint density at radius 2 is 1.92 bits per heavy atom. The van der Waals surface area contributed by atoms with E-state index in [4.69, 9.17) is 13.9 Å². The van der Waals surface area contributed by atoms with E-state index in [0.29, 0.717) is 24.8 Å². The van der Waals surface area contributed by atoms with Gasteiger partial charge in [-0.2, -0.15) is 0 Å². The van der Waals surface area contributed by atoms with Crippen LogP contribution in [0, 0.1) is 5.92 Å². The van der Waals surface area contributed by atoms with Crippen molar-refractivity contribution in [2.75, 3.05) is 0 Å². The first-order valence-corrected chi connectivity index (χ1v) is 8.42. The summed E-state index contributed by atoms with van der Waals surface area (Å²) in [5, 5.41) is 0. The molecule has 1 aliphatic heterocycles. The van der Waals surface area contributed by atoms with Crippen molar-refractivity contribution in [2.45, 2.75) is 31.5 Å². The molecule has 2 aromatic rings. The van der Waals surface area contributed by atoms with Gasteiger partial charge in [0.25, 0.3) is 0 Å². The Balaban J connectivity index is 1.44. The van der Waals surface area contributed by atoms with E-state index in [-0.39, 0.29) is 29.7 Å². The van der Waals surface area contributed by atoms with Gasteiger partial charge >= 0.3 is 5.97 Å². The van der Waals surface area contributed by atoms with Gasteiger partial charge in [-0.05, 0) is 30.5 Å². The lowest BCUT2D eigenvalue weighted by Gasteiger charge is -2.37. The Kier molecular flexibility index (Phi) is 4.14. The summed E-state index contributed by atoms with van der Waals surface area (Å²) in [7, 11) is 0. The van der Waals surface area contributed by atoms with Crippen LogP contribution in [0.3, 0.4) is 0 Å². The van der Waals surface area contributed by atoms with Gasteiger partial charge in [0.05, 0.1) is 24.0 Å². The number of hydrogen-bond acceptors (Lipinski definition) is 5. The fourth-order valence-electron chi connectivity index (χ4n) is 3.50. The normalized spacial score (nSPS) is 25.5. The third kappa shape index (κ3) is 3.09. The van der Waals surface area contributed by atoms with Crippen LogP contribution in [-0.2, 0) is 14.3 Å². The number of hydrogen-bond donors (Lipinski definition) is 0. The number of allylic oxidation sites excluding steroid dienone is 1. The van der Waals surface area contributed by atoms with E-state index >= 15 is 0 Å². The second kappa shape index (κ2) is 6.59. The number of carbonyl (C=O) groups excluding carboxylic acids is 2. The summed E-state index contributed by atoms with van der Waals surface area (Å²) in [6, 6.07) is 12.8. The maximum absolute atomic E-state index is 12.8. The van der Waals surface area contributed by atoms with Gasteiger partial charge in [0.2, 0.25) is 5.76 Å². The Morgan fingerprint density at radius 3 is 2.68 bits per heavy atom. The van der Waals surface area contributed by atoms with E-state index in [1.165, 1.54) is 6.26 Å². The summed E-state index contributed by atoms with van der Waals surface area (Å²) in [6.07, 6.45) is 4.28. The van der Waals surface area contributed by atoms with Crippen LogP contribution in [-0.4, -0.2) is 24.0 Å². The van der Waals surface area contributed by atoms with Gasteiger partial charge in [-0.3, -0.25) is 4.79 Å². The zero-order valence-electron chi connectivity index (χ0n) is 13.6. The van der Waals surface area contributed by atoms with Crippen molar-refractivity contribution in [2.24, 2.45) is 5.92 Å². The van der Waals surface area contributed by atoms with Crippen LogP contribution in [0.5, 0.6) is 0 Å². The van der Waals surface area contributed by atoms with E-state index in [1.54, 1.807) is 18.4 Å². The molecule has 2 heterocycles. The standard InChI is InChI=1S/C20H18O5/c21-19-15-9-8-14(25-20(22)17-7-4-10-23-17)11-18(15)24-12-16(19)13-5-2-1-3-6-13/h1-7,10,12,14-15,18H,8-9,11H2. The first kappa shape index (κ1) is 15.7. The molecule has 0 spiro atoms. The zero-order chi connectivity index (χ0) is 17.2. The van der Waals surface area contributed by atoms with E-state index in [0.717, 1.165) is 5.56 Å². The topological polar surface area (TPSA) is 65.7 Å². The molecular formula is C20H18O5. The molecule has 128 valence electrons. The smallest absolute Gasteiger partial charge is 0.374 e. The summed E-state index contributed by atoms with van der Waals surface area (Å²) in [5.74, 6) is -0.359. The highest BCUT2D eigenvalue weighted by Crippen LogP contribution is 2.37. The summed E-state index contributed by atoms with van der Waals surface area (Å²) in [5.41, 5.74) is 1.49. The van der Waals surface area contributed by atoms with Crippen LogP contribution in [0.15, 0.2) is 59.4 Å². The van der Waals surface area contributed by atoms with Crippen LogP contribution in [0.1, 0.15) is 35.4 Å². The van der Waals surface area contributed by atoms with Crippen molar-refractivity contribution in [3.05, 3.63) is 66.3 Å². The Hall–Kier alpha value is -2.82. The van der Waals surface area contributed by atoms with E-state index in [1.807, 2.05) is 30.3 Å². The van der Waals surface area contributed by atoms with Gasteiger partial charge < -0.3 is 13.9 Å². The Labute approximate surface area is 145 Å². The SMILES string of the molecule is O=C(OC1CCC2C(=O)C(c3ccccc3)=COC2C1)c1ccco1. The molecule has 2 aliphatic rings. The summed E-state index contributed by atoms with van der Waals surface area (Å²) in [4.78, 5) is 24.8. The molecule has 1 aromatic heterocycles. The number of rotatable bonds is 3. The molecule has 4 rings (SSSR count). The number of fused-ring (bicyclic) bond motifs is 1. The van der Waals surface area contributed by atoms with E-state index < -0.39 is 5.97 Å². The van der Waals surface area contributed by atoms with Crippen molar-refractivity contribution in [1.29, 1.82) is 0 Å². The zero-order valence-corrected chi connectivity index (χ0v) is 13.6. The second-order valence-corrected chi connectivity index (χ2v) is 6.36. The van der Waals surface area contributed by atoms with Crippen LogP contribution in [0.2, 0.25) is 0 Å².